The Labute approximate surface area is 356 Å². The van der Waals surface area contributed by atoms with Crippen molar-refractivity contribution in [1.82, 2.24) is 30.4 Å². The van der Waals surface area contributed by atoms with E-state index in [2.05, 4.69) is 76.3 Å². The number of alkyl carbamates (subject to hydrolysis) is 2. The van der Waals surface area contributed by atoms with Crippen molar-refractivity contribution in [2.75, 3.05) is 40.5 Å². The zero-order valence-corrected chi connectivity index (χ0v) is 35.3. The van der Waals surface area contributed by atoms with Crippen molar-refractivity contribution in [2.24, 2.45) is 16.8 Å². The summed E-state index contributed by atoms with van der Waals surface area (Å²) in [5.74, 6) is 0.418. The molecule has 4 aliphatic heterocycles. The second-order valence-corrected chi connectivity index (χ2v) is 16.8. The average molecular weight is 830 g/mol. The van der Waals surface area contributed by atoms with Crippen LogP contribution in [-0.4, -0.2) is 108 Å². The molecule has 3 N–H and O–H groups in total. The van der Waals surface area contributed by atoms with Gasteiger partial charge in [-0.2, -0.15) is 0 Å². The fourth-order valence-electron chi connectivity index (χ4n) is 9.31. The van der Waals surface area contributed by atoms with E-state index in [-0.39, 0.29) is 35.7 Å². The molecule has 4 aliphatic rings. The summed E-state index contributed by atoms with van der Waals surface area (Å²) in [6.07, 6.45) is 7.97. The summed E-state index contributed by atoms with van der Waals surface area (Å²) in [5, 5.41) is 7.75. The van der Waals surface area contributed by atoms with Gasteiger partial charge in [-0.25, -0.2) is 14.6 Å². The maximum atomic E-state index is 14.0. The van der Waals surface area contributed by atoms with E-state index in [1.807, 2.05) is 36.0 Å². The number of hydrogen-bond acceptors (Lipinski definition) is 9. The normalized spacial score (nSPS) is 20.3. The molecule has 0 spiro atoms. The van der Waals surface area contributed by atoms with Crippen LogP contribution in [0.1, 0.15) is 76.2 Å². The number of nitrogens with one attached hydrogen (secondary N) is 3. The van der Waals surface area contributed by atoms with Crippen molar-refractivity contribution < 1.29 is 33.4 Å². The lowest BCUT2D eigenvalue weighted by molar-refractivity contribution is -0.137. The zero-order valence-electron chi connectivity index (χ0n) is 35.3. The number of hydrogen-bond donors (Lipinski definition) is 3. The van der Waals surface area contributed by atoms with Crippen LogP contribution in [0.4, 0.5) is 9.59 Å². The monoisotopic (exact) mass is 829 g/mol. The quantitative estimate of drug-likeness (QED) is 0.142. The van der Waals surface area contributed by atoms with Gasteiger partial charge in [-0.3, -0.25) is 14.6 Å². The van der Waals surface area contributed by atoms with E-state index in [1.54, 1.807) is 0 Å². The second-order valence-electron chi connectivity index (χ2n) is 16.8. The van der Waals surface area contributed by atoms with Crippen molar-refractivity contribution in [1.29, 1.82) is 0 Å². The molecule has 0 radical (unpaired) electrons. The minimum atomic E-state index is -0.682. The first-order valence-corrected chi connectivity index (χ1v) is 21.4. The van der Waals surface area contributed by atoms with Crippen molar-refractivity contribution in [3.63, 3.8) is 0 Å². The largest absolute Gasteiger partial charge is 0.453 e. The Morgan fingerprint density at radius 2 is 1.36 bits per heavy atom. The molecule has 14 nitrogen and oxygen atoms in total. The maximum absolute atomic E-state index is 14.0. The molecule has 4 atom stereocenters. The minimum Gasteiger partial charge on any atom is -0.453 e. The predicted octanol–water partition coefficient (Wildman–Crippen LogP) is 7.27. The van der Waals surface area contributed by atoms with E-state index in [0.717, 1.165) is 81.5 Å². The first kappa shape index (κ1) is 41.7. The topological polar surface area (TPSA) is 168 Å². The molecule has 14 heteroatoms. The lowest BCUT2D eigenvalue weighted by atomic mass is 9.90. The number of carbonyl (C=O) groups is 4. The summed E-state index contributed by atoms with van der Waals surface area (Å²) in [6.45, 7) is 6.19. The van der Waals surface area contributed by atoms with Crippen LogP contribution >= 0.6 is 0 Å². The first-order valence-electron chi connectivity index (χ1n) is 21.4. The van der Waals surface area contributed by atoms with E-state index < -0.39 is 24.3 Å². The fraction of sp³-hybridized carbons (Fsp3) is 0.447. The van der Waals surface area contributed by atoms with E-state index in [9.17, 15) is 19.2 Å². The van der Waals surface area contributed by atoms with Gasteiger partial charge in [-0.1, -0.05) is 62.4 Å². The van der Waals surface area contributed by atoms with Gasteiger partial charge in [-0.05, 0) is 95.5 Å². The number of rotatable bonds is 11. The number of H-pyrrole nitrogens is 1. The number of likely N-dealkylation sites (tertiary alicyclic amines) is 2. The zero-order chi connectivity index (χ0) is 42.6. The van der Waals surface area contributed by atoms with Gasteiger partial charge in [0.2, 0.25) is 11.8 Å². The Bertz CT molecular complexity index is 2330. The van der Waals surface area contributed by atoms with Gasteiger partial charge in [0.1, 0.15) is 17.9 Å². The molecule has 0 unspecified atom stereocenters. The smallest absolute Gasteiger partial charge is 0.407 e. The number of aliphatic imine (C=N–C) groups is 1. The number of ether oxygens (including phenoxy) is 3. The number of benzene rings is 3. The van der Waals surface area contributed by atoms with Crippen LogP contribution in [0.3, 0.4) is 0 Å². The van der Waals surface area contributed by atoms with Crippen LogP contribution in [0.25, 0.3) is 38.7 Å². The molecular formula is C47H55N7O7. The van der Waals surface area contributed by atoms with E-state index in [1.165, 1.54) is 14.2 Å². The molecule has 4 amide bonds. The summed E-state index contributed by atoms with van der Waals surface area (Å²) in [5.41, 5.74) is 7.28. The van der Waals surface area contributed by atoms with Gasteiger partial charge >= 0.3 is 12.2 Å². The van der Waals surface area contributed by atoms with Gasteiger partial charge in [0.25, 0.3) is 0 Å². The number of allylic oxidation sites excluding steroid dienone is 1. The maximum Gasteiger partial charge on any atom is 0.407 e. The fourth-order valence-corrected chi connectivity index (χ4v) is 9.31. The van der Waals surface area contributed by atoms with Gasteiger partial charge in [0.05, 0.1) is 38.2 Å². The summed E-state index contributed by atoms with van der Waals surface area (Å²) in [4.78, 5) is 68.7. The molecule has 8 rings (SSSR count). The molecule has 0 saturated carbocycles. The molecule has 320 valence electrons. The number of aromatic nitrogens is 2. The third-order valence-electron chi connectivity index (χ3n) is 12.7. The van der Waals surface area contributed by atoms with Crippen LogP contribution in [0.2, 0.25) is 0 Å². The summed E-state index contributed by atoms with van der Waals surface area (Å²) in [7, 11) is 2.61. The number of imidazole rings is 1. The van der Waals surface area contributed by atoms with Crippen molar-refractivity contribution >= 4 is 46.1 Å². The molecule has 3 fully saturated rings. The highest BCUT2D eigenvalue weighted by atomic mass is 16.5. The lowest BCUT2D eigenvalue weighted by Crippen LogP contribution is -2.53. The SMILES string of the molecule is COC(=O)N[C@H](C(=O)N1CCC[C@H]1C1=NC=C(c2ccc(-c3ccc4cc(-c5cnc([C@@H]6CCCN6C(=O)[C@@H](NC(=O)OC)C6CCOCC6)[nH]5)ccc4c3)cc2)C1)C(C)C. The van der Waals surface area contributed by atoms with Crippen LogP contribution in [0, 0.1) is 11.8 Å². The Hall–Kier alpha value is -6.02. The van der Waals surface area contributed by atoms with Crippen molar-refractivity contribution in [2.45, 2.75) is 83.0 Å². The third-order valence-corrected chi connectivity index (χ3v) is 12.7. The van der Waals surface area contributed by atoms with Crippen molar-refractivity contribution in [3.05, 3.63) is 84.4 Å². The number of aromatic amines is 1. The van der Waals surface area contributed by atoms with Crippen LogP contribution in [0.5, 0.6) is 0 Å². The van der Waals surface area contributed by atoms with Crippen LogP contribution < -0.4 is 10.6 Å². The average Bonchev–Trinajstić information content (AvgIpc) is 4.14. The van der Waals surface area contributed by atoms with Crippen LogP contribution in [0.15, 0.2) is 78.1 Å². The first-order chi connectivity index (χ1) is 29.6. The highest BCUT2D eigenvalue weighted by molar-refractivity contribution is 6.04. The van der Waals surface area contributed by atoms with Gasteiger partial charge in [0, 0.05) is 50.2 Å². The number of methoxy groups -OCH3 is 2. The summed E-state index contributed by atoms with van der Waals surface area (Å²) in [6, 6.07) is 19.7. The Morgan fingerprint density at radius 1 is 0.754 bits per heavy atom. The van der Waals surface area contributed by atoms with Crippen LogP contribution in [-0.2, 0) is 23.8 Å². The summed E-state index contributed by atoms with van der Waals surface area (Å²) >= 11 is 0. The molecule has 0 bridgehead atoms. The number of nitrogens with zero attached hydrogens (tertiary/aromatic N) is 4. The molecule has 61 heavy (non-hydrogen) atoms. The Kier molecular flexibility index (Phi) is 12.5. The predicted molar refractivity (Wildman–Crippen MR) is 232 cm³/mol. The Morgan fingerprint density at radius 3 is 2.05 bits per heavy atom. The number of amides is 4. The molecule has 4 aromatic rings. The molecule has 3 aromatic carbocycles. The molecular weight excluding hydrogens is 775 g/mol. The highest BCUT2D eigenvalue weighted by Crippen LogP contribution is 2.36. The molecule has 1 aromatic heterocycles. The molecule has 3 saturated heterocycles. The van der Waals surface area contributed by atoms with Gasteiger partial charge in [-0.15, -0.1) is 0 Å². The molecule has 5 heterocycles. The highest BCUT2D eigenvalue weighted by Gasteiger charge is 2.41. The lowest BCUT2D eigenvalue weighted by Gasteiger charge is -2.34. The summed E-state index contributed by atoms with van der Waals surface area (Å²) < 4.78 is 15.2. The van der Waals surface area contributed by atoms with E-state index in [4.69, 9.17) is 24.2 Å². The number of fused-ring (bicyclic) bond motifs is 1. The standard InChI is InChI=1S/C47H55N7O7/c1-28(2)41(51-46(57)59-3)44(55)53-19-5-7-39(53)37-25-36(26-48-37)30-11-9-29(10-12-30)32-13-14-34-24-35(16-15-33(34)23-32)38-27-49-43(50-38)40-8-6-20-54(40)45(56)42(52-47(58)60-4)31-17-21-61-22-18-31/h9-16,23-24,26-28,31,39-42H,5-8,17-22,25H2,1-4H3,(H,49,50)(H,51,57)(H,52,58)/t39-,40-,41-,42-/m0/s1. The molecule has 0 aliphatic carbocycles. The minimum absolute atomic E-state index is 0.0250. The second kappa shape index (κ2) is 18.3. The van der Waals surface area contributed by atoms with E-state index >= 15 is 0 Å². The van der Waals surface area contributed by atoms with Gasteiger partial charge in [0.15, 0.2) is 0 Å². The Balaban J connectivity index is 0.911. The van der Waals surface area contributed by atoms with Gasteiger partial charge < -0.3 is 39.6 Å². The van der Waals surface area contributed by atoms with Crippen molar-refractivity contribution in [3.8, 4) is 22.4 Å². The number of carbonyl (C=O) groups excluding carboxylic acids is 4. The van der Waals surface area contributed by atoms with E-state index in [0.29, 0.717) is 45.6 Å². The third kappa shape index (κ3) is 8.90.